The molecule has 0 aliphatic heterocycles. The minimum Gasteiger partial charge on any atom is -0.493 e. The monoisotopic (exact) mass is 426 g/mol. The number of rotatable bonds is 6. The standard InChI is InChI=1S/C20H14ClF3O5/c21-14-4-1-3-12-15(25)10-17(29-19(12)14)13-7-6-11(20(22,23)24)9-16(13)28-8-2-5-18(26)27/h1,3-4,6-7,9-10H,2,5,8H2,(H,26,27). The molecule has 3 aromatic rings. The smallest absolute Gasteiger partial charge is 0.416 e. The fraction of sp³-hybridized carbons (Fsp3) is 0.200. The van der Waals surface area contributed by atoms with Gasteiger partial charge in [0.1, 0.15) is 11.5 Å². The van der Waals surface area contributed by atoms with E-state index in [1.54, 1.807) is 6.07 Å². The van der Waals surface area contributed by atoms with Crippen molar-refractivity contribution in [1.29, 1.82) is 0 Å². The van der Waals surface area contributed by atoms with E-state index in [1.165, 1.54) is 12.1 Å². The molecule has 1 heterocycles. The Morgan fingerprint density at radius 2 is 1.93 bits per heavy atom. The van der Waals surface area contributed by atoms with Gasteiger partial charge in [0.2, 0.25) is 0 Å². The van der Waals surface area contributed by atoms with Crippen LogP contribution in [0, 0.1) is 0 Å². The molecule has 0 unspecified atom stereocenters. The summed E-state index contributed by atoms with van der Waals surface area (Å²) in [5.74, 6) is -1.25. The molecule has 0 fully saturated rings. The number of aliphatic carboxylic acids is 1. The van der Waals surface area contributed by atoms with Gasteiger partial charge in [0.15, 0.2) is 11.0 Å². The Balaban J connectivity index is 2.08. The Morgan fingerprint density at radius 3 is 2.62 bits per heavy atom. The molecule has 152 valence electrons. The molecular formula is C20H14ClF3O5. The number of benzene rings is 2. The van der Waals surface area contributed by atoms with E-state index in [2.05, 4.69) is 0 Å². The minimum atomic E-state index is -4.61. The second-order valence-corrected chi connectivity index (χ2v) is 6.55. The predicted molar refractivity (Wildman–Crippen MR) is 100 cm³/mol. The van der Waals surface area contributed by atoms with E-state index in [1.807, 2.05) is 0 Å². The normalized spacial score (nSPS) is 11.6. The lowest BCUT2D eigenvalue weighted by Crippen LogP contribution is -2.08. The summed E-state index contributed by atoms with van der Waals surface area (Å²) in [7, 11) is 0. The molecule has 2 aromatic carbocycles. The summed E-state index contributed by atoms with van der Waals surface area (Å²) in [4.78, 5) is 23.0. The number of hydrogen-bond acceptors (Lipinski definition) is 4. The molecule has 0 spiro atoms. The number of halogens is 4. The van der Waals surface area contributed by atoms with Crippen LogP contribution < -0.4 is 10.2 Å². The van der Waals surface area contributed by atoms with E-state index >= 15 is 0 Å². The van der Waals surface area contributed by atoms with Crippen molar-refractivity contribution in [1.82, 2.24) is 0 Å². The zero-order valence-electron chi connectivity index (χ0n) is 14.8. The molecule has 0 bridgehead atoms. The quantitative estimate of drug-likeness (QED) is 0.536. The number of fused-ring (bicyclic) bond motifs is 1. The van der Waals surface area contributed by atoms with Crippen molar-refractivity contribution in [2.45, 2.75) is 19.0 Å². The number of hydrogen-bond donors (Lipinski definition) is 1. The molecular weight excluding hydrogens is 413 g/mol. The Hall–Kier alpha value is -3.00. The Kier molecular flexibility index (Phi) is 5.83. The van der Waals surface area contributed by atoms with Crippen molar-refractivity contribution in [3.05, 3.63) is 63.3 Å². The van der Waals surface area contributed by atoms with E-state index in [4.69, 9.17) is 25.9 Å². The average molecular weight is 427 g/mol. The summed E-state index contributed by atoms with van der Waals surface area (Å²) < 4.78 is 50.4. The van der Waals surface area contributed by atoms with Gasteiger partial charge in [0.05, 0.1) is 28.1 Å². The predicted octanol–water partition coefficient (Wildman–Crippen LogP) is 5.38. The first-order valence-corrected chi connectivity index (χ1v) is 8.83. The van der Waals surface area contributed by atoms with Gasteiger partial charge in [-0.05, 0) is 36.8 Å². The van der Waals surface area contributed by atoms with Crippen LogP contribution in [0.3, 0.4) is 0 Å². The maximum atomic E-state index is 13.1. The maximum Gasteiger partial charge on any atom is 0.416 e. The largest absolute Gasteiger partial charge is 0.493 e. The summed E-state index contributed by atoms with van der Waals surface area (Å²) in [5, 5.41) is 9.10. The van der Waals surface area contributed by atoms with Gasteiger partial charge >= 0.3 is 12.1 Å². The number of alkyl halides is 3. The molecule has 3 rings (SSSR count). The topological polar surface area (TPSA) is 76.7 Å². The van der Waals surface area contributed by atoms with Gasteiger partial charge in [-0.2, -0.15) is 13.2 Å². The Bertz CT molecular complexity index is 1120. The van der Waals surface area contributed by atoms with Gasteiger partial charge in [-0.15, -0.1) is 0 Å². The van der Waals surface area contributed by atoms with Crippen LogP contribution in [0.1, 0.15) is 18.4 Å². The first-order valence-electron chi connectivity index (χ1n) is 8.45. The lowest BCUT2D eigenvalue weighted by molar-refractivity contribution is -0.138. The fourth-order valence-corrected chi connectivity index (χ4v) is 2.92. The number of carboxylic acids is 1. The fourth-order valence-electron chi connectivity index (χ4n) is 2.70. The third-order valence-electron chi connectivity index (χ3n) is 4.07. The molecule has 0 saturated carbocycles. The van der Waals surface area contributed by atoms with E-state index in [0.717, 1.165) is 24.3 Å². The van der Waals surface area contributed by atoms with Crippen LogP contribution in [0.25, 0.3) is 22.3 Å². The molecule has 0 amide bonds. The van der Waals surface area contributed by atoms with Crippen LogP contribution in [0.2, 0.25) is 5.02 Å². The zero-order valence-corrected chi connectivity index (χ0v) is 15.5. The zero-order chi connectivity index (χ0) is 21.2. The molecule has 0 aliphatic rings. The molecule has 5 nitrogen and oxygen atoms in total. The summed E-state index contributed by atoms with van der Waals surface area (Å²) in [6, 6.07) is 8.53. The summed E-state index contributed by atoms with van der Waals surface area (Å²) >= 11 is 6.08. The Labute approximate surface area is 167 Å². The van der Waals surface area contributed by atoms with Crippen LogP contribution >= 0.6 is 11.6 Å². The highest BCUT2D eigenvalue weighted by molar-refractivity contribution is 6.34. The molecule has 0 aliphatic carbocycles. The van der Waals surface area contributed by atoms with Crippen molar-refractivity contribution in [2.75, 3.05) is 6.61 Å². The van der Waals surface area contributed by atoms with Gasteiger partial charge in [-0.25, -0.2) is 0 Å². The molecule has 0 saturated heterocycles. The summed E-state index contributed by atoms with van der Waals surface area (Å²) in [6.45, 7) is -0.126. The van der Waals surface area contributed by atoms with Crippen molar-refractivity contribution in [2.24, 2.45) is 0 Å². The van der Waals surface area contributed by atoms with Gasteiger partial charge in [-0.3, -0.25) is 9.59 Å². The third kappa shape index (κ3) is 4.71. The number of para-hydroxylation sites is 1. The highest BCUT2D eigenvalue weighted by atomic mass is 35.5. The van der Waals surface area contributed by atoms with Gasteiger partial charge < -0.3 is 14.3 Å². The molecule has 0 atom stereocenters. The van der Waals surface area contributed by atoms with E-state index in [9.17, 15) is 22.8 Å². The van der Waals surface area contributed by atoms with Crippen molar-refractivity contribution < 1.29 is 32.2 Å². The second-order valence-electron chi connectivity index (χ2n) is 6.15. The minimum absolute atomic E-state index is 0.0161. The summed E-state index contributed by atoms with van der Waals surface area (Å²) in [5.41, 5.74) is -1.14. The first kappa shape index (κ1) is 20.7. The average Bonchev–Trinajstić information content (AvgIpc) is 2.65. The van der Waals surface area contributed by atoms with Crippen LogP contribution in [0.4, 0.5) is 13.2 Å². The van der Waals surface area contributed by atoms with Crippen molar-refractivity contribution in [3.8, 4) is 17.1 Å². The van der Waals surface area contributed by atoms with Gasteiger partial charge in [0, 0.05) is 12.5 Å². The van der Waals surface area contributed by atoms with E-state index in [0.29, 0.717) is 0 Å². The van der Waals surface area contributed by atoms with E-state index in [-0.39, 0.29) is 52.5 Å². The number of carbonyl (C=O) groups is 1. The molecule has 9 heteroatoms. The van der Waals surface area contributed by atoms with Crippen LogP contribution in [0.5, 0.6) is 5.75 Å². The van der Waals surface area contributed by atoms with Crippen molar-refractivity contribution in [3.63, 3.8) is 0 Å². The summed E-state index contributed by atoms with van der Waals surface area (Å²) in [6.07, 6.45) is -4.71. The Morgan fingerprint density at radius 1 is 1.17 bits per heavy atom. The molecule has 29 heavy (non-hydrogen) atoms. The first-order chi connectivity index (χ1) is 13.7. The highest BCUT2D eigenvalue weighted by Gasteiger charge is 2.31. The molecule has 1 aromatic heterocycles. The molecule has 0 radical (unpaired) electrons. The van der Waals surface area contributed by atoms with Crippen LogP contribution in [-0.2, 0) is 11.0 Å². The van der Waals surface area contributed by atoms with E-state index < -0.39 is 23.1 Å². The van der Waals surface area contributed by atoms with Crippen LogP contribution in [-0.4, -0.2) is 17.7 Å². The lowest BCUT2D eigenvalue weighted by atomic mass is 10.1. The van der Waals surface area contributed by atoms with Crippen molar-refractivity contribution >= 4 is 28.5 Å². The highest BCUT2D eigenvalue weighted by Crippen LogP contribution is 2.38. The van der Waals surface area contributed by atoms with Gasteiger partial charge in [0.25, 0.3) is 0 Å². The lowest BCUT2D eigenvalue weighted by Gasteiger charge is -2.14. The third-order valence-corrected chi connectivity index (χ3v) is 4.37. The maximum absolute atomic E-state index is 13.1. The number of carboxylic acid groups (broad SMARTS) is 1. The van der Waals surface area contributed by atoms with Crippen LogP contribution in [0.15, 0.2) is 51.7 Å². The number of ether oxygens (including phenoxy) is 1. The SMILES string of the molecule is O=C(O)CCCOc1cc(C(F)(F)F)ccc1-c1cc(=O)c2cccc(Cl)c2o1. The van der Waals surface area contributed by atoms with Gasteiger partial charge in [-0.1, -0.05) is 17.7 Å². The second kappa shape index (κ2) is 8.16. The molecule has 1 N–H and O–H groups in total.